The number of rotatable bonds is 9. The Morgan fingerprint density at radius 2 is 1.69 bits per heavy atom. The molecule has 0 aliphatic heterocycles. The van der Waals surface area contributed by atoms with Gasteiger partial charge < -0.3 is 10.2 Å². The molecule has 1 unspecified atom stereocenters. The standard InChI is InChI=1S/C19H24ClFN2O2S/c1-2-3-4-5-6-7-12-26(19(24)25)16-13-17(20)22-23-18(16)14-8-10-15(21)11-9-14/h8-11,13,24-25H,2-7,12H2,1H3. The van der Waals surface area contributed by atoms with Crippen molar-refractivity contribution in [3.8, 4) is 11.3 Å². The number of hydrogen-bond acceptors (Lipinski definition) is 2. The average Bonchev–Trinajstić information content (AvgIpc) is 2.62. The molecule has 2 rings (SSSR count). The van der Waals surface area contributed by atoms with Crippen LogP contribution >= 0.6 is 22.1 Å². The molecule has 0 radical (unpaired) electrons. The zero-order chi connectivity index (χ0) is 18.9. The SMILES string of the molecule is CCCCCCCCS(=C(O)O)c1cc(Cl)nnc1-c1ccc(F)cc1. The fourth-order valence-electron chi connectivity index (χ4n) is 2.67. The highest BCUT2D eigenvalue weighted by molar-refractivity contribution is 8.15. The summed E-state index contributed by atoms with van der Waals surface area (Å²) in [5.74, 6) is 0.255. The first-order valence-corrected chi connectivity index (χ1v) is 10.5. The third kappa shape index (κ3) is 6.13. The average molecular weight is 399 g/mol. The van der Waals surface area contributed by atoms with Gasteiger partial charge in [-0.1, -0.05) is 61.1 Å². The van der Waals surface area contributed by atoms with Gasteiger partial charge in [-0.15, -0.1) is 10.2 Å². The van der Waals surface area contributed by atoms with Crippen LogP contribution in [0.2, 0.25) is 5.15 Å². The minimum atomic E-state index is -0.927. The molecule has 4 nitrogen and oxygen atoms in total. The van der Waals surface area contributed by atoms with E-state index in [-0.39, 0.29) is 11.0 Å². The molecule has 2 N–H and O–H groups in total. The van der Waals surface area contributed by atoms with Crippen LogP contribution in [-0.2, 0) is 0 Å². The van der Waals surface area contributed by atoms with Crippen molar-refractivity contribution in [3.63, 3.8) is 0 Å². The molecule has 0 amide bonds. The molecule has 1 heterocycles. The lowest BCUT2D eigenvalue weighted by atomic mass is 10.1. The molecule has 0 aliphatic carbocycles. The van der Waals surface area contributed by atoms with Gasteiger partial charge in [0, 0.05) is 10.5 Å². The number of nitrogens with zero attached hydrogens (tertiary/aromatic N) is 2. The lowest BCUT2D eigenvalue weighted by molar-refractivity contribution is 0.384. The molecule has 2 aromatic rings. The van der Waals surface area contributed by atoms with E-state index >= 15 is 0 Å². The third-order valence-corrected chi connectivity index (χ3v) is 6.20. The van der Waals surface area contributed by atoms with Crippen molar-refractivity contribution in [1.29, 1.82) is 0 Å². The maximum atomic E-state index is 13.2. The van der Waals surface area contributed by atoms with Crippen LogP contribution in [0.1, 0.15) is 45.4 Å². The number of halogens is 2. The van der Waals surface area contributed by atoms with Crippen LogP contribution in [-0.4, -0.2) is 31.4 Å². The fraction of sp³-hybridized carbons (Fsp3) is 0.421. The number of aliphatic hydroxyl groups excluding tert-OH is 1. The monoisotopic (exact) mass is 398 g/mol. The third-order valence-electron chi connectivity index (χ3n) is 4.03. The van der Waals surface area contributed by atoms with Crippen molar-refractivity contribution >= 4 is 27.3 Å². The van der Waals surface area contributed by atoms with E-state index in [0.717, 1.165) is 19.3 Å². The number of hydrogen-bond donors (Lipinski definition) is 2. The molecule has 0 bridgehead atoms. The number of aromatic nitrogens is 2. The topological polar surface area (TPSA) is 66.2 Å². The Hall–Kier alpha value is -1.34. The molecular weight excluding hydrogens is 375 g/mol. The van der Waals surface area contributed by atoms with E-state index in [1.807, 2.05) is 0 Å². The van der Waals surface area contributed by atoms with Crippen LogP contribution in [0.5, 0.6) is 0 Å². The van der Waals surface area contributed by atoms with Crippen LogP contribution in [0.15, 0.2) is 35.2 Å². The molecular formula is C19H24ClFN2O2S. The van der Waals surface area contributed by atoms with Gasteiger partial charge in [0.05, 0.1) is 0 Å². The minimum Gasteiger partial charge on any atom is -0.336 e. The first-order chi connectivity index (χ1) is 12.5. The molecule has 7 heteroatoms. The molecule has 0 saturated heterocycles. The van der Waals surface area contributed by atoms with Crippen molar-refractivity contribution in [2.24, 2.45) is 0 Å². The van der Waals surface area contributed by atoms with Gasteiger partial charge in [0.1, 0.15) is 11.5 Å². The Morgan fingerprint density at radius 3 is 2.35 bits per heavy atom. The highest BCUT2D eigenvalue weighted by Crippen LogP contribution is 2.37. The first kappa shape index (κ1) is 21.0. The van der Waals surface area contributed by atoms with Crippen LogP contribution in [0.3, 0.4) is 0 Å². The van der Waals surface area contributed by atoms with Crippen molar-refractivity contribution in [2.45, 2.75) is 50.3 Å². The lowest BCUT2D eigenvalue weighted by Crippen LogP contribution is -2.02. The van der Waals surface area contributed by atoms with Gasteiger partial charge >= 0.3 is 0 Å². The Balaban J connectivity index is 2.24. The quantitative estimate of drug-likeness (QED) is 0.394. The summed E-state index contributed by atoms with van der Waals surface area (Å²) in [4.78, 5) is 0.616. The molecule has 26 heavy (non-hydrogen) atoms. The highest BCUT2D eigenvalue weighted by Gasteiger charge is 2.15. The second-order valence-electron chi connectivity index (χ2n) is 6.03. The summed E-state index contributed by atoms with van der Waals surface area (Å²) in [6.45, 7) is 2.17. The van der Waals surface area contributed by atoms with Crippen LogP contribution in [0.4, 0.5) is 4.39 Å². The van der Waals surface area contributed by atoms with Crippen LogP contribution < -0.4 is 0 Å². The van der Waals surface area contributed by atoms with E-state index in [2.05, 4.69) is 17.1 Å². The van der Waals surface area contributed by atoms with Gasteiger partial charge in [0.2, 0.25) is 5.24 Å². The second kappa shape index (κ2) is 10.7. The van der Waals surface area contributed by atoms with Gasteiger partial charge in [0.15, 0.2) is 5.15 Å². The van der Waals surface area contributed by atoms with Gasteiger partial charge in [-0.3, -0.25) is 0 Å². The zero-order valence-electron chi connectivity index (χ0n) is 14.8. The summed E-state index contributed by atoms with van der Waals surface area (Å²) in [5.41, 5.74) is 1.15. The lowest BCUT2D eigenvalue weighted by Gasteiger charge is -2.14. The van der Waals surface area contributed by atoms with E-state index in [1.165, 1.54) is 31.4 Å². The van der Waals surface area contributed by atoms with Crippen molar-refractivity contribution in [3.05, 3.63) is 41.3 Å². The number of aliphatic hydroxyl groups is 2. The Bertz CT molecular complexity index is 750. The summed E-state index contributed by atoms with van der Waals surface area (Å²) in [5, 5.41) is 27.2. The molecule has 1 atom stereocenters. The Kier molecular flexibility index (Phi) is 8.65. The molecule has 1 aromatic carbocycles. The zero-order valence-corrected chi connectivity index (χ0v) is 16.4. The van der Waals surface area contributed by atoms with Gasteiger partial charge in [0.25, 0.3) is 0 Å². The van der Waals surface area contributed by atoms with E-state index in [0.29, 0.717) is 21.9 Å². The van der Waals surface area contributed by atoms with E-state index in [4.69, 9.17) is 11.6 Å². The fourth-order valence-corrected chi connectivity index (χ4v) is 4.62. The maximum Gasteiger partial charge on any atom is 0.209 e. The smallest absolute Gasteiger partial charge is 0.209 e. The summed E-state index contributed by atoms with van der Waals surface area (Å²) < 4.78 is 13.2. The predicted octanol–water partition coefficient (Wildman–Crippen LogP) is 6.13. The van der Waals surface area contributed by atoms with Gasteiger partial charge in [-0.05, 0) is 42.5 Å². The van der Waals surface area contributed by atoms with E-state index < -0.39 is 15.7 Å². The van der Waals surface area contributed by atoms with Crippen molar-refractivity contribution < 1.29 is 14.6 Å². The molecule has 0 fully saturated rings. The molecule has 142 valence electrons. The van der Waals surface area contributed by atoms with Gasteiger partial charge in [-0.2, -0.15) is 0 Å². The number of benzene rings is 1. The first-order valence-electron chi connectivity index (χ1n) is 8.78. The van der Waals surface area contributed by atoms with E-state index in [1.54, 1.807) is 18.2 Å². The summed E-state index contributed by atoms with van der Waals surface area (Å²) >= 11 is 6.00. The summed E-state index contributed by atoms with van der Waals surface area (Å²) in [7, 11) is -0.927. The molecule has 1 aromatic heterocycles. The van der Waals surface area contributed by atoms with Crippen LogP contribution in [0.25, 0.3) is 11.3 Å². The highest BCUT2D eigenvalue weighted by atomic mass is 35.5. The summed E-state index contributed by atoms with van der Waals surface area (Å²) in [6.07, 6.45) is 6.66. The second-order valence-corrected chi connectivity index (χ2v) is 8.41. The minimum absolute atomic E-state index is 0.188. The largest absolute Gasteiger partial charge is 0.336 e. The van der Waals surface area contributed by atoms with Gasteiger partial charge in [-0.25, -0.2) is 4.39 Å². The molecule has 0 saturated carbocycles. The Morgan fingerprint density at radius 1 is 1.04 bits per heavy atom. The van der Waals surface area contributed by atoms with Crippen LogP contribution in [0, 0.1) is 5.82 Å². The predicted molar refractivity (Wildman–Crippen MR) is 107 cm³/mol. The maximum absolute atomic E-state index is 13.2. The molecule has 0 spiro atoms. The molecule has 0 aliphatic rings. The van der Waals surface area contributed by atoms with Crippen molar-refractivity contribution in [1.82, 2.24) is 10.2 Å². The Labute approximate surface area is 161 Å². The van der Waals surface area contributed by atoms with E-state index in [9.17, 15) is 14.6 Å². The van der Waals surface area contributed by atoms with Crippen molar-refractivity contribution in [2.75, 3.05) is 5.75 Å². The normalized spacial score (nSPS) is 12.2. The summed E-state index contributed by atoms with van der Waals surface area (Å²) in [6, 6.07) is 7.47. The number of unbranched alkanes of at least 4 members (excludes halogenated alkanes) is 5.